The molecule has 7 heteroatoms. The molecule has 1 aliphatic heterocycles. The van der Waals surface area contributed by atoms with E-state index in [-0.39, 0.29) is 12.3 Å². The van der Waals surface area contributed by atoms with Crippen LogP contribution in [0.2, 0.25) is 0 Å². The summed E-state index contributed by atoms with van der Waals surface area (Å²) in [4.78, 5) is 23.9. The lowest BCUT2D eigenvalue weighted by molar-refractivity contribution is -0.115. The van der Waals surface area contributed by atoms with Gasteiger partial charge in [-0.2, -0.15) is 0 Å². The Morgan fingerprint density at radius 3 is 2.59 bits per heavy atom. The molecule has 4 rings (SSSR count). The normalized spacial score (nSPS) is 15.0. The lowest BCUT2D eigenvalue weighted by Crippen LogP contribution is -2.29. The number of piperidine rings is 1. The van der Waals surface area contributed by atoms with Gasteiger partial charge in [0, 0.05) is 22.9 Å². The molecule has 0 saturated carbocycles. The highest BCUT2D eigenvalue weighted by atomic mass is 32.1. The summed E-state index contributed by atoms with van der Waals surface area (Å²) in [6, 6.07) is 10.0. The van der Waals surface area contributed by atoms with E-state index in [1.807, 2.05) is 41.1 Å². The fourth-order valence-corrected chi connectivity index (χ4v) is 4.76. The number of nitrogens with zero attached hydrogens (tertiary/aromatic N) is 3. The Labute approximate surface area is 167 Å². The number of carbonyl (C=O) groups excluding carboxylic acids is 1. The van der Waals surface area contributed by atoms with Crippen LogP contribution in [0.3, 0.4) is 0 Å². The van der Waals surface area contributed by atoms with Gasteiger partial charge in [-0.15, -0.1) is 22.7 Å². The Morgan fingerprint density at radius 2 is 1.78 bits per heavy atom. The molecular weight excluding hydrogens is 376 g/mol. The Morgan fingerprint density at radius 1 is 1.00 bits per heavy atom. The van der Waals surface area contributed by atoms with E-state index in [4.69, 9.17) is 0 Å². The van der Waals surface area contributed by atoms with E-state index in [0.717, 1.165) is 41.6 Å². The molecule has 0 spiro atoms. The van der Waals surface area contributed by atoms with Gasteiger partial charge in [-0.05, 0) is 25.9 Å². The number of carbonyl (C=O) groups is 1. The zero-order valence-corrected chi connectivity index (χ0v) is 16.7. The fourth-order valence-electron chi connectivity index (χ4n) is 3.21. The van der Waals surface area contributed by atoms with Crippen LogP contribution in [-0.2, 0) is 17.8 Å². The zero-order valence-electron chi connectivity index (χ0n) is 15.1. The molecule has 27 heavy (non-hydrogen) atoms. The average Bonchev–Trinajstić information content (AvgIpc) is 3.33. The molecule has 1 fully saturated rings. The van der Waals surface area contributed by atoms with Crippen molar-refractivity contribution in [3.8, 4) is 10.6 Å². The lowest BCUT2D eigenvalue weighted by atomic mass is 10.1. The van der Waals surface area contributed by atoms with E-state index < -0.39 is 0 Å². The number of hydrogen-bond donors (Lipinski definition) is 1. The van der Waals surface area contributed by atoms with Gasteiger partial charge in [0.15, 0.2) is 5.13 Å². The van der Waals surface area contributed by atoms with Crippen LogP contribution >= 0.6 is 22.7 Å². The van der Waals surface area contributed by atoms with Gasteiger partial charge in [-0.3, -0.25) is 9.69 Å². The molecule has 0 unspecified atom stereocenters. The van der Waals surface area contributed by atoms with E-state index in [9.17, 15) is 4.79 Å². The van der Waals surface area contributed by atoms with Crippen molar-refractivity contribution in [1.29, 1.82) is 0 Å². The van der Waals surface area contributed by atoms with E-state index >= 15 is 0 Å². The molecular formula is C20H22N4OS2. The molecule has 3 heterocycles. The quantitative estimate of drug-likeness (QED) is 0.667. The van der Waals surface area contributed by atoms with Gasteiger partial charge in [-0.25, -0.2) is 9.97 Å². The smallest absolute Gasteiger partial charge is 0.232 e. The first-order valence-corrected chi connectivity index (χ1v) is 11.0. The molecule has 5 nitrogen and oxygen atoms in total. The van der Waals surface area contributed by atoms with E-state index in [0.29, 0.717) is 5.13 Å². The van der Waals surface area contributed by atoms with Gasteiger partial charge >= 0.3 is 0 Å². The highest BCUT2D eigenvalue weighted by Crippen LogP contribution is 2.24. The molecule has 1 saturated heterocycles. The number of benzene rings is 1. The minimum absolute atomic E-state index is 0.0706. The molecule has 0 bridgehead atoms. The number of rotatable bonds is 6. The fraction of sp³-hybridized carbons (Fsp3) is 0.350. The third kappa shape index (κ3) is 5.00. The summed E-state index contributed by atoms with van der Waals surface area (Å²) in [7, 11) is 0. The predicted molar refractivity (Wildman–Crippen MR) is 111 cm³/mol. The largest absolute Gasteiger partial charge is 0.302 e. The molecule has 1 aliphatic rings. The third-order valence-electron chi connectivity index (χ3n) is 4.55. The minimum Gasteiger partial charge on any atom is -0.302 e. The van der Waals surface area contributed by atoms with Gasteiger partial charge < -0.3 is 5.32 Å². The van der Waals surface area contributed by atoms with E-state index in [1.165, 1.54) is 30.6 Å². The zero-order chi connectivity index (χ0) is 18.5. The molecule has 0 atom stereocenters. The van der Waals surface area contributed by atoms with Crippen molar-refractivity contribution in [2.75, 3.05) is 18.4 Å². The second-order valence-electron chi connectivity index (χ2n) is 6.72. The highest BCUT2D eigenvalue weighted by Gasteiger charge is 2.14. The number of anilines is 1. The third-order valence-corrected chi connectivity index (χ3v) is 6.29. The van der Waals surface area contributed by atoms with Crippen molar-refractivity contribution in [3.05, 3.63) is 52.5 Å². The standard InChI is InChI=1S/C20H22N4OS2/c25-18(11-16-13-26-19(21-16)15-7-3-1-4-8-15)23-20-22-17(14-27-20)12-24-9-5-2-6-10-24/h1,3-4,7-8,13-14H,2,5-6,9-12H2,(H,22,23,25). The summed E-state index contributed by atoms with van der Waals surface area (Å²) in [6.07, 6.45) is 4.14. The molecule has 0 aliphatic carbocycles. The second-order valence-corrected chi connectivity index (χ2v) is 8.43. The maximum absolute atomic E-state index is 12.3. The van der Waals surface area contributed by atoms with Crippen LogP contribution in [0, 0.1) is 0 Å². The van der Waals surface area contributed by atoms with Gasteiger partial charge in [0.25, 0.3) is 0 Å². The van der Waals surface area contributed by atoms with Crippen LogP contribution in [0.4, 0.5) is 5.13 Å². The van der Waals surface area contributed by atoms with Crippen LogP contribution in [-0.4, -0.2) is 33.9 Å². The predicted octanol–water partition coefficient (Wildman–Crippen LogP) is 4.43. The maximum Gasteiger partial charge on any atom is 0.232 e. The minimum atomic E-state index is -0.0706. The van der Waals surface area contributed by atoms with Gasteiger partial charge in [-0.1, -0.05) is 36.8 Å². The van der Waals surface area contributed by atoms with E-state index in [2.05, 4.69) is 20.2 Å². The molecule has 0 radical (unpaired) electrons. The van der Waals surface area contributed by atoms with Gasteiger partial charge in [0.05, 0.1) is 17.8 Å². The number of likely N-dealkylation sites (tertiary alicyclic amines) is 1. The molecule has 1 aromatic carbocycles. The first-order valence-electron chi connectivity index (χ1n) is 9.23. The summed E-state index contributed by atoms with van der Waals surface area (Å²) in [5.74, 6) is -0.0706. The monoisotopic (exact) mass is 398 g/mol. The Balaban J connectivity index is 1.31. The van der Waals surface area contributed by atoms with Crippen molar-refractivity contribution < 1.29 is 4.79 Å². The second kappa shape index (κ2) is 8.73. The molecule has 1 N–H and O–H groups in total. The maximum atomic E-state index is 12.3. The SMILES string of the molecule is O=C(Cc1csc(-c2ccccc2)n1)Nc1nc(CN2CCCCC2)cs1. The van der Waals surface area contributed by atoms with Crippen molar-refractivity contribution >= 4 is 33.7 Å². The van der Waals surface area contributed by atoms with Crippen molar-refractivity contribution in [1.82, 2.24) is 14.9 Å². The summed E-state index contributed by atoms with van der Waals surface area (Å²) in [6.45, 7) is 3.17. The number of hydrogen-bond acceptors (Lipinski definition) is 6. The number of amides is 1. The van der Waals surface area contributed by atoms with Crippen LogP contribution in [0.15, 0.2) is 41.1 Å². The van der Waals surface area contributed by atoms with Crippen molar-refractivity contribution in [3.63, 3.8) is 0 Å². The van der Waals surface area contributed by atoms with Crippen LogP contribution in [0.5, 0.6) is 0 Å². The Kier molecular flexibility index (Phi) is 5.91. The molecule has 1 amide bonds. The first kappa shape index (κ1) is 18.3. The van der Waals surface area contributed by atoms with Crippen LogP contribution in [0.1, 0.15) is 30.7 Å². The Hall–Kier alpha value is -2.09. The first-order chi connectivity index (χ1) is 13.3. The number of aromatic nitrogens is 2. The van der Waals surface area contributed by atoms with Crippen LogP contribution < -0.4 is 5.32 Å². The van der Waals surface area contributed by atoms with Gasteiger partial charge in [0.2, 0.25) is 5.91 Å². The van der Waals surface area contributed by atoms with Gasteiger partial charge in [0.1, 0.15) is 5.01 Å². The lowest BCUT2D eigenvalue weighted by Gasteiger charge is -2.25. The number of thiazole rings is 2. The summed E-state index contributed by atoms with van der Waals surface area (Å²) in [5, 5.41) is 8.52. The molecule has 140 valence electrons. The molecule has 3 aromatic rings. The Bertz CT molecular complexity index is 884. The van der Waals surface area contributed by atoms with E-state index in [1.54, 1.807) is 11.3 Å². The highest BCUT2D eigenvalue weighted by molar-refractivity contribution is 7.14. The number of nitrogens with one attached hydrogen (secondary N) is 1. The topological polar surface area (TPSA) is 58.1 Å². The summed E-state index contributed by atoms with van der Waals surface area (Å²) in [5.41, 5.74) is 2.91. The van der Waals surface area contributed by atoms with Crippen molar-refractivity contribution in [2.24, 2.45) is 0 Å². The van der Waals surface area contributed by atoms with Crippen LogP contribution in [0.25, 0.3) is 10.6 Å². The average molecular weight is 399 g/mol. The van der Waals surface area contributed by atoms with Crippen molar-refractivity contribution in [2.45, 2.75) is 32.2 Å². The summed E-state index contributed by atoms with van der Waals surface area (Å²) >= 11 is 3.06. The molecule has 2 aromatic heterocycles. The summed E-state index contributed by atoms with van der Waals surface area (Å²) < 4.78 is 0.